The average Bonchev–Trinajstić information content (AvgIpc) is 2.50. The van der Waals surface area contributed by atoms with Crippen molar-refractivity contribution in [2.24, 2.45) is 0 Å². The number of hydrogen-bond donors (Lipinski definition) is 2. The number of halogens is 1. The van der Waals surface area contributed by atoms with Crippen molar-refractivity contribution in [2.45, 2.75) is 11.8 Å². The fraction of sp³-hybridized carbons (Fsp3) is 0.133. The molecule has 0 heterocycles. The van der Waals surface area contributed by atoms with Gasteiger partial charge in [-0.1, -0.05) is 29.8 Å². The molecule has 2 N–H and O–H groups in total. The van der Waals surface area contributed by atoms with Gasteiger partial charge in [0.1, 0.15) is 0 Å². The first-order valence-corrected chi connectivity index (χ1v) is 8.59. The number of rotatable bonds is 5. The fourth-order valence-corrected chi connectivity index (χ4v) is 3.14. The molecule has 1 amide bonds. The summed E-state index contributed by atoms with van der Waals surface area (Å²) in [6.45, 7) is 1.89. The number of hydrogen-bond acceptors (Lipinski definition) is 4. The summed E-state index contributed by atoms with van der Waals surface area (Å²) >= 11 is 5.95. The van der Waals surface area contributed by atoms with Crippen LogP contribution in [0, 0.1) is 0 Å². The Morgan fingerprint density at radius 1 is 1.17 bits per heavy atom. The van der Waals surface area contributed by atoms with Crippen LogP contribution in [0.4, 0.5) is 16.2 Å². The van der Waals surface area contributed by atoms with E-state index in [-0.39, 0.29) is 22.2 Å². The van der Waals surface area contributed by atoms with E-state index in [9.17, 15) is 13.2 Å². The number of anilines is 2. The van der Waals surface area contributed by atoms with Crippen LogP contribution in [0.5, 0.6) is 0 Å². The molecule has 0 fully saturated rings. The van der Waals surface area contributed by atoms with Crippen LogP contribution in [0.2, 0.25) is 5.02 Å². The number of para-hydroxylation sites is 1. The highest BCUT2D eigenvalue weighted by molar-refractivity contribution is 7.92. The smallest absolute Gasteiger partial charge is 0.411 e. The number of nitrogens with one attached hydrogen (secondary N) is 2. The molecule has 0 saturated carbocycles. The van der Waals surface area contributed by atoms with Gasteiger partial charge in [0.05, 0.1) is 22.2 Å². The summed E-state index contributed by atoms with van der Waals surface area (Å²) in [4.78, 5) is 11.4. The molecule has 0 atom stereocenters. The third-order valence-corrected chi connectivity index (χ3v) is 4.48. The maximum atomic E-state index is 12.4. The van der Waals surface area contributed by atoms with Crippen molar-refractivity contribution in [2.75, 3.05) is 16.6 Å². The number of ether oxygens (including phenoxy) is 1. The summed E-state index contributed by atoms with van der Waals surface area (Å²) < 4.78 is 32.0. The second kappa shape index (κ2) is 7.34. The first-order valence-electron chi connectivity index (χ1n) is 6.73. The number of carbonyl (C=O) groups is 1. The van der Waals surface area contributed by atoms with Crippen LogP contribution in [0.1, 0.15) is 6.92 Å². The van der Waals surface area contributed by atoms with Gasteiger partial charge in [-0.05, 0) is 37.3 Å². The van der Waals surface area contributed by atoms with E-state index >= 15 is 0 Å². The molecule has 0 bridgehead atoms. The minimum atomic E-state index is -3.83. The van der Waals surface area contributed by atoms with E-state index in [1.165, 1.54) is 18.2 Å². The van der Waals surface area contributed by atoms with Gasteiger partial charge in [0, 0.05) is 5.69 Å². The van der Waals surface area contributed by atoms with Crippen molar-refractivity contribution < 1.29 is 17.9 Å². The number of carbonyl (C=O) groups excluding carboxylic acids is 1. The van der Waals surface area contributed by atoms with Gasteiger partial charge in [-0.15, -0.1) is 0 Å². The summed E-state index contributed by atoms with van der Waals surface area (Å²) in [6, 6.07) is 12.3. The van der Waals surface area contributed by atoms with Crippen LogP contribution in [0.25, 0.3) is 0 Å². The summed E-state index contributed by atoms with van der Waals surface area (Å²) in [5.41, 5.74) is 0.586. The summed E-state index contributed by atoms with van der Waals surface area (Å²) in [6.07, 6.45) is -0.652. The third-order valence-electron chi connectivity index (χ3n) is 2.78. The van der Waals surface area contributed by atoms with Crippen molar-refractivity contribution in [1.29, 1.82) is 0 Å². The predicted molar refractivity (Wildman–Crippen MR) is 89.3 cm³/mol. The lowest BCUT2D eigenvalue weighted by Gasteiger charge is -2.11. The minimum absolute atomic E-state index is 0.00767. The molecular weight excluding hydrogens is 340 g/mol. The largest absolute Gasteiger partial charge is 0.450 e. The van der Waals surface area contributed by atoms with Gasteiger partial charge >= 0.3 is 6.09 Å². The van der Waals surface area contributed by atoms with E-state index in [1.54, 1.807) is 37.3 Å². The second-order valence-electron chi connectivity index (χ2n) is 4.46. The zero-order chi connectivity index (χ0) is 16.9. The molecule has 2 aromatic rings. The average molecular weight is 355 g/mol. The Bertz CT molecular complexity index is 809. The normalized spacial score (nSPS) is 10.9. The lowest BCUT2D eigenvalue weighted by Crippen LogP contribution is -2.15. The van der Waals surface area contributed by atoms with Crippen LogP contribution in [0.15, 0.2) is 53.4 Å². The molecule has 23 heavy (non-hydrogen) atoms. The van der Waals surface area contributed by atoms with E-state index in [1.807, 2.05) is 0 Å². The van der Waals surface area contributed by atoms with Gasteiger partial charge in [-0.25, -0.2) is 13.2 Å². The quantitative estimate of drug-likeness (QED) is 0.857. The molecule has 0 radical (unpaired) electrons. The highest BCUT2D eigenvalue weighted by atomic mass is 35.5. The summed E-state index contributed by atoms with van der Waals surface area (Å²) in [5, 5.41) is 2.74. The topological polar surface area (TPSA) is 84.5 Å². The molecule has 0 unspecified atom stereocenters. The monoisotopic (exact) mass is 354 g/mol. The van der Waals surface area contributed by atoms with Crippen molar-refractivity contribution in [3.8, 4) is 0 Å². The Kier molecular flexibility index (Phi) is 5.46. The molecule has 122 valence electrons. The minimum Gasteiger partial charge on any atom is -0.450 e. The molecule has 2 aromatic carbocycles. The van der Waals surface area contributed by atoms with Gasteiger partial charge in [-0.3, -0.25) is 10.0 Å². The number of sulfonamides is 1. The first-order chi connectivity index (χ1) is 10.9. The van der Waals surface area contributed by atoms with E-state index in [0.717, 1.165) is 0 Å². The van der Waals surface area contributed by atoms with Crippen LogP contribution >= 0.6 is 11.6 Å². The summed E-state index contributed by atoms with van der Waals surface area (Å²) in [7, 11) is -3.83. The SMILES string of the molecule is CCOC(=O)Nc1cccc(S(=O)(=O)Nc2ccccc2Cl)c1. The lowest BCUT2D eigenvalue weighted by molar-refractivity contribution is 0.168. The van der Waals surface area contributed by atoms with Crippen molar-refractivity contribution >= 4 is 39.1 Å². The summed E-state index contributed by atoms with van der Waals surface area (Å²) in [5.74, 6) is 0. The molecule has 2 rings (SSSR count). The van der Waals surface area contributed by atoms with Gasteiger partial charge in [-0.2, -0.15) is 0 Å². The van der Waals surface area contributed by atoms with E-state index in [4.69, 9.17) is 16.3 Å². The Morgan fingerprint density at radius 2 is 1.91 bits per heavy atom. The highest BCUT2D eigenvalue weighted by Crippen LogP contribution is 2.25. The fourth-order valence-electron chi connectivity index (χ4n) is 1.77. The molecule has 0 aromatic heterocycles. The number of benzene rings is 2. The van der Waals surface area contributed by atoms with Gasteiger partial charge < -0.3 is 4.74 Å². The third kappa shape index (κ3) is 4.61. The Morgan fingerprint density at radius 3 is 2.61 bits per heavy atom. The maximum Gasteiger partial charge on any atom is 0.411 e. The second-order valence-corrected chi connectivity index (χ2v) is 6.55. The van der Waals surface area contributed by atoms with E-state index < -0.39 is 16.1 Å². The van der Waals surface area contributed by atoms with Crippen molar-refractivity contribution in [3.05, 3.63) is 53.6 Å². The van der Waals surface area contributed by atoms with Gasteiger partial charge in [0.25, 0.3) is 10.0 Å². The Labute approximate surface area is 139 Å². The molecule has 0 aliphatic carbocycles. The Balaban J connectivity index is 2.23. The molecular formula is C15H15ClN2O4S. The first kappa shape index (κ1) is 17.1. The van der Waals surface area contributed by atoms with Crippen molar-refractivity contribution in [1.82, 2.24) is 0 Å². The van der Waals surface area contributed by atoms with Crippen LogP contribution in [-0.4, -0.2) is 21.1 Å². The molecule has 0 aliphatic heterocycles. The van der Waals surface area contributed by atoms with Crippen LogP contribution < -0.4 is 10.0 Å². The zero-order valence-electron chi connectivity index (χ0n) is 12.2. The molecule has 8 heteroatoms. The Hall–Kier alpha value is -2.25. The standard InChI is InChI=1S/C15H15ClN2O4S/c1-2-22-15(19)17-11-6-5-7-12(10-11)23(20,21)18-14-9-4-3-8-13(14)16/h3-10,18H,2H2,1H3,(H,17,19). The van der Waals surface area contributed by atoms with Crippen molar-refractivity contribution in [3.63, 3.8) is 0 Å². The van der Waals surface area contributed by atoms with Gasteiger partial charge in [0.15, 0.2) is 0 Å². The highest BCUT2D eigenvalue weighted by Gasteiger charge is 2.16. The molecule has 0 saturated heterocycles. The van der Waals surface area contributed by atoms with E-state index in [2.05, 4.69) is 10.0 Å². The zero-order valence-corrected chi connectivity index (χ0v) is 13.8. The van der Waals surface area contributed by atoms with Gasteiger partial charge in [0.2, 0.25) is 0 Å². The number of amides is 1. The van der Waals surface area contributed by atoms with Crippen LogP contribution in [0.3, 0.4) is 0 Å². The maximum absolute atomic E-state index is 12.4. The van der Waals surface area contributed by atoms with Crippen LogP contribution in [-0.2, 0) is 14.8 Å². The predicted octanol–water partition coefficient (Wildman–Crippen LogP) is 3.71. The molecule has 6 nitrogen and oxygen atoms in total. The lowest BCUT2D eigenvalue weighted by atomic mass is 10.3. The molecule has 0 aliphatic rings. The van der Waals surface area contributed by atoms with E-state index in [0.29, 0.717) is 5.69 Å². The molecule has 0 spiro atoms.